The molecule has 0 radical (unpaired) electrons. The zero-order valence-electron chi connectivity index (χ0n) is 12.5. The zero-order chi connectivity index (χ0) is 17.8. The number of rotatable bonds is 5. The molecule has 9 heteroatoms. The maximum atomic E-state index is 13.6. The molecule has 2 aromatic carbocycles. The first-order valence-electron chi connectivity index (χ1n) is 6.98. The number of halogens is 3. The summed E-state index contributed by atoms with van der Waals surface area (Å²) >= 11 is 2.50. The number of nitrogens with zero attached hydrogens (tertiary/aromatic N) is 2. The Balaban J connectivity index is 1.61. The fourth-order valence-corrected chi connectivity index (χ4v) is 3.59. The van der Waals surface area contributed by atoms with Gasteiger partial charge in [-0.1, -0.05) is 35.2 Å². The van der Waals surface area contributed by atoms with Crippen LogP contribution < -0.4 is 5.32 Å². The van der Waals surface area contributed by atoms with Gasteiger partial charge in [-0.3, -0.25) is 10.1 Å². The van der Waals surface area contributed by atoms with E-state index in [0.29, 0.717) is 16.2 Å². The smallest absolute Gasteiger partial charge is 0.260 e. The van der Waals surface area contributed by atoms with Crippen molar-refractivity contribution >= 4 is 34.1 Å². The second-order valence-electron chi connectivity index (χ2n) is 4.87. The highest BCUT2D eigenvalue weighted by molar-refractivity contribution is 8.00. The van der Waals surface area contributed by atoms with E-state index in [-0.39, 0.29) is 16.5 Å². The Morgan fingerprint density at radius 2 is 1.76 bits per heavy atom. The number of hydrogen-bond donors (Lipinski definition) is 1. The Hall–Kier alpha value is -2.39. The van der Waals surface area contributed by atoms with Gasteiger partial charge in [-0.05, 0) is 29.8 Å². The van der Waals surface area contributed by atoms with E-state index in [2.05, 4.69) is 15.5 Å². The van der Waals surface area contributed by atoms with Crippen molar-refractivity contribution < 1.29 is 18.0 Å². The molecule has 3 rings (SSSR count). The molecule has 0 aliphatic rings. The van der Waals surface area contributed by atoms with E-state index >= 15 is 0 Å². The van der Waals surface area contributed by atoms with Gasteiger partial charge in [-0.25, -0.2) is 13.2 Å². The van der Waals surface area contributed by atoms with Crippen molar-refractivity contribution in [1.82, 2.24) is 10.2 Å². The van der Waals surface area contributed by atoms with E-state index in [0.717, 1.165) is 29.0 Å². The van der Waals surface area contributed by atoms with Crippen LogP contribution in [0.15, 0.2) is 46.8 Å². The molecule has 0 aliphatic carbocycles. The summed E-state index contributed by atoms with van der Waals surface area (Å²) < 4.78 is 39.9. The number of hydrogen-bond acceptors (Lipinski definition) is 5. The number of nitrogens with one attached hydrogen (secondary N) is 1. The first-order valence-corrected chi connectivity index (χ1v) is 8.78. The molecule has 0 fully saturated rings. The predicted octanol–water partition coefficient (Wildman–Crippen LogP) is 4.50. The molecule has 0 bridgehead atoms. The molecule has 0 aliphatic heterocycles. The van der Waals surface area contributed by atoms with E-state index in [1.807, 2.05) is 0 Å². The van der Waals surface area contributed by atoms with Crippen LogP contribution in [-0.4, -0.2) is 16.1 Å². The summed E-state index contributed by atoms with van der Waals surface area (Å²) in [6.45, 7) is 0. The van der Waals surface area contributed by atoms with Crippen molar-refractivity contribution in [3.63, 3.8) is 0 Å². The Bertz CT molecular complexity index is 900. The van der Waals surface area contributed by atoms with E-state index in [1.54, 1.807) is 12.1 Å². The molecule has 3 aromatic rings. The van der Waals surface area contributed by atoms with Gasteiger partial charge in [0.1, 0.15) is 17.5 Å². The van der Waals surface area contributed by atoms with Crippen LogP contribution in [-0.2, 0) is 5.75 Å². The zero-order valence-corrected chi connectivity index (χ0v) is 14.1. The molecule has 0 spiro atoms. The van der Waals surface area contributed by atoms with Gasteiger partial charge >= 0.3 is 0 Å². The van der Waals surface area contributed by atoms with Crippen LogP contribution in [0.1, 0.15) is 15.9 Å². The Morgan fingerprint density at radius 1 is 1.04 bits per heavy atom. The minimum atomic E-state index is -0.951. The molecule has 1 aromatic heterocycles. The molecule has 128 valence electrons. The Labute approximate surface area is 149 Å². The van der Waals surface area contributed by atoms with Crippen LogP contribution in [0.4, 0.5) is 18.3 Å². The van der Waals surface area contributed by atoms with Crippen LogP contribution >= 0.6 is 23.1 Å². The first kappa shape index (κ1) is 17.4. The number of carbonyl (C=O) groups is 1. The Morgan fingerprint density at radius 3 is 2.48 bits per heavy atom. The quantitative estimate of drug-likeness (QED) is 0.522. The fourth-order valence-electron chi connectivity index (χ4n) is 1.88. The second kappa shape index (κ2) is 7.66. The largest absolute Gasteiger partial charge is 0.296 e. The third kappa shape index (κ3) is 4.58. The van der Waals surface area contributed by atoms with E-state index in [4.69, 9.17) is 0 Å². The van der Waals surface area contributed by atoms with Crippen LogP contribution in [0.5, 0.6) is 0 Å². The van der Waals surface area contributed by atoms with Gasteiger partial charge in [0.05, 0.1) is 5.56 Å². The predicted molar refractivity (Wildman–Crippen MR) is 90.2 cm³/mol. The molecule has 4 nitrogen and oxygen atoms in total. The summed E-state index contributed by atoms with van der Waals surface area (Å²) in [5, 5.41) is 10.4. The van der Waals surface area contributed by atoms with E-state index in [9.17, 15) is 18.0 Å². The van der Waals surface area contributed by atoms with Gasteiger partial charge in [0.15, 0.2) is 4.34 Å². The summed E-state index contributed by atoms with van der Waals surface area (Å²) in [5.41, 5.74) is 0.637. The SMILES string of the molecule is O=C(Nc1nnc(SCc2ccc(F)cc2)s1)c1ccc(F)cc1F. The van der Waals surface area contributed by atoms with Gasteiger partial charge in [0.25, 0.3) is 5.91 Å². The maximum Gasteiger partial charge on any atom is 0.260 e. The first-order chi connectivity index (χ1) is 12.0. The third-order valence-corrected chi connectivity index (χ3v) is 5.12. The lowest BCUT2D eigenvalue weighted by Crippen LogP contribution is -2.13. The average molecular weight is 381 g/mol. The van der Waals surface area contributed by atoms with Crippen LogP contribution in [0.2, 0.25) is 0 Å². The van der Waals surface area contributed by atoms with Crippen molar-refractivity contribution in [1.29, 1.82) is 0 Å². The molecule has 0 unspecified atom stereocenters. The Kier molecular flexibility index (Phi) is 5.34. The van der Waals surface area contributed by atoms with Gasteiger partial charge in [0, 0.05) is 11.8 Å². The second-order valence-corrected chi connectivity index (χ2v) is 7.07. The topological polar surface area (TPSA) is 54.9 Å². The lowest BCUT2D eigenvalue weighted by Gasteiger charge is -2.02. The molecule has 0 atom stereocenters. The molecular weight excluding hydrogens is 371 g/mol. The minimum Gasteiger partial charge on any atom is -0.296 e. The highest BCUT2D eigenvalue weighted by atomic mass is 32.2. The molecule has 1 amide bonds. The number of anilines is 1. The monoisotopic (exact) mass is 381 g/mol. The number of carbonyl (C=O) groups excluding carboxylic acids is 1. The van der Waals surface area contributed by atoms with E-state index < -0.39 is 17.5 Å². The summed E-state index contributed by atoms with van der Waals surface area (Å²) in [6.07, 6.45) is 0. The minimum absolute atomic E-state index is 0.204. The standard InChI is InChI=1S/C16H10F3N3OS2/c17-10-3-1-9(2-4-10)8-24-16-22-21-15(25-16)20-14(23)12-6-5-11(18)7-13(12)19/h1-7H,8H2,(H,20,21,23). The number of thioether (sulfide) groups is 1. The molecule has 25 heavy (non-hydrogen) atoms. The number of benzene rings is 2. The number of amides is 1. The molecular formula is C16H10F3N3OS2. The summed E-state index contributed by atoms with van der Waals surface area (Å²) in [5.74, 6) is -2.18. The van der Waals surface area contributed by atoms with Crippen LogP contribution in [0.3, 0.4) is 0 Å². The highest BCUT2D eigenvalue weighted by Crippen LogP contribution is 2.28. The highest BCUT2D eigenvalue weighted by Gasteiger charge is 2.15. The molecule has 1 N–H and O–H groups in total. The lowest BCUT2D eigenvalue weighted by atomic mass is 10.2. The van der Waals surface area contributed by atoms with Crippen molar-refractivity contribution in [3.05, 3.63) is 71.0 Å². The summed E-state index contributed by atoms with van der Waals surface area (Å²) in [4.78, 5) is 12.0. The van der Waals surface area contributed by atoms with Gasteiger partial charge < -0.3 is 0 Å². The van der Waals surface area contributed by atoms with Gasteiger partial charge in [0.2, 0.25) is 5.13 Å². The van der Waals surface area contributed by atoms with Crippen LogP contribution in [0, 0.1) is 17.5 Å². The summed E-state index contributed by atoms with van der Waals surface area (Å²) in [7, 11) is 0. The maximum absolute atomic E-state index is 13.6. The average Bonchev–Trinajstić information content (AvgIpc) is 3.01. The number of aromatic nitrogens is 2. The van der Waals surface area contributed by atoms with Gasteiger partial charge in [-0.2, -0.15) is 0 Å². The van der Waals surface area contributed by atoms with Crippen LogP contribution in [0.25, 0.3) is 0 Å². The molecule has 0 saturated heterocycles. The molecule has 1 heterocycles. The van der Waals surface area contributed by atoms with E-state index in [1.165, 1.54) is 23.9 Å². The van der Waals surface area contributed by atoms with Crippen molar-refractivity contribution in [2.45, 2.75) is 10.1 Å². The van der Waals surface area contributed by atoms with Crippen molar-refractivity contribution in [3.8, 4) is 0 Å². The summed E-state index contributed by atoms with van der Waals surface area (Å²) in [6, 6.07) is 8.79. The molecule has 0 saturated carbocycles. The lowest BCUT2D eigenvalue weighted by molar-refractivity contribution is 0.102. The van der Waals surface area contributed by atoms with Gasteiger partial charge in [-0.15, -0.1) is 10.2 Å². The third-order valence-electron chi connectivity index (χ3n) is 3.08. The van der Waals surface area contributed by atoms with Crippen molar-refractivity contribution in [2.24, 2.45) is 0 Å². The van der Waals surface area contributed by atoms with Crippen molar-refractivity contribution in [2.75, 3.05) is 5.32 Å². The fraction of sp³-hybridized carbons (Fsp3) is 0.0625. The normalized spacial score (nSPS) is 10.7.